The van der Waals surface area contributed by atoms with Crippen molar-refractivity contribution in [2.45, 2.75) is 25.9 Å². The van der Waals surface area contributed by atoms with Crippen LogP contribution in [0.3, 0.4) is 0 Å². The lowest BCUT2D eigenvalue weighted by Gasteiger charge is -2.18. The second-order valence-corrected chi connectivity index (χ2v) is 5.22. The van der Waals surface area contributed by atoms with E-state index < -0.39 is 18.3 Å². The Morgan fingerprint density at radius 2 is 2.30 bits per heavy atom. The number of alkyl halides is 1. The van der Waals surface area contributed by atoms with Crippen molar-refractivity contribution >= 4 is 23.2 Å². The summed E-state index contributed by atoms with van der Waals surface area (Å²) in [5.74, 6) is -0.397. The molecule has 1 aliphatic rings. The highest BCUT2D eigenvalue weighted by atomic mass is 19.1. The molecular formula is C15H16FN5O2. The smallest absolute Gasteiger partial charge is 0.252 e. The largest absolute Gasteiger partial charge is 0.356 e. The molecule has 2 aromatic rings. The number of aromatic nitrogens is 3. The molecule has 0 spiro atoms. The van der Waals surface area contributed by atoms with E-state index in [0.717, 1.165) is 16.6 Å². The third kappa shape index (κ3) is 2.98. The number of rotatable bonds is 4. The molecule has 2 heterocycles. The number of halogens is 1. The van der Waals surface area contributed by atoms with E-state index in [-0.39, 0.29) is 12.1 Å². The molecule has 8 heteroatoms. The predicted molar refractivity (Wildman–Crippen MR) is 82.7 cm³/mol. The maximum absolute atomic E-state index is 13.7. The number of carbonyl (C=O) groups is 1. The van der Waals surface area contributed by atoms with Crippen molar-refractivity contribution in [3.8, 4) is 0 Å². The Morgan fingerprint density at radius 3 is 3.04 bits per heavy atom. The number of hydrogen-bond acceptors (Lipinski definition) is 5. The van der Waals surface area contributed by atoms with E-state index in [2.05, 4.69) is 25.7 Å². The van der Waals surface area contributed by atoms with Gasteiger partial charge in [-0.25, -0.2) is 4.39 Å². The number of H-pyrrole nitrogens is 1. The van der Waals surface area contributed by atoms with Crippen LogP contribution in [0.1, 0.15) is 11.1 Å². The molecule has 1 aromatic heterocycles. The van der Waals surface area contributed by atoms with Crippen molar-refractivity contribution in [2.24, 2.45) is 4.99 Å². The summed E-state index contributed by atoms with van der Waals surface area (Å²) in [6.07, 6.45) is 0.201. The fourth-order valence-corrected chi connectivity index (χ4v) is 2.42. The van der Waals surface area contributed by atoms with Crippen LogP contribution >= 0.6 is 0 Å². The number of amides is 1. The molecule has 1 amide bonds. The van der Waals surface area contributed by atoms with Crippen LogP contribution in [-0.2, 0) is 16.1 Å². The van der Waals surface area contributed by atoms with Gasteiger partial charge < -0.3 is 10.1 Å². The number of benzene rings is 1. The van der Waals surface area contributed by atoms with Crippen LogP contribution < -0.4 is 5.32 Å². The maximum atomic E-state index is 13.7. The normalized spacial score (nSPS) is 20.6. The number of ether oxygens (including phenoxy) is 1. The Balaban J connectivity index is 1.73. The number of aromatic amines is 1. The summed E-state index contributed by atoms with van der Waals surface area (Å²) >= 11 is 0. The van der Waals surface area contributed by atoms with Gasteiger partial charge in [0.1, 0.15) is 5.52 Å². The summed E-state index contributed by atoms with van der Waals surface area (Å²) in [5.41, 5.74) is 3.53. The van der Waals surface area contributed by atoms with E-state index in [1.807, 2.05) is 19.1 Å². The van der Waals surface area contributed by atoms with Crippen LogP contribution in [-0.4, -0.2) is 47.0 Å². The summed E-state index contributed by atoms with van der Waals surface area (Å²) < 4.78 is 18.6. The highest BCUT2D eigenvalue weighted by Gasteiger charge is 2.23. The van der Waals surface area contributed by atoms with Crippen LogP contribution in [0.2, 0.25) is 0 Å². The highest BCUT2D eigenvalue weighted by molar-refractivity contribution is 6.12. The summed E-state index contributed by atoms with van der Waals surface area (Å²) in [6, 6.07) is 3.80. The lowest BCUT2D eigenvalue weighted by Crippen LogP contribution is -2.31. The maximum Gasteiger partial charge on any atom is 0.252 e. The summed E-state index contributed by atoms with van der Waals surface area (Å²) in [6.45, 7) is 2.20. The van der Waals surface area contributed by atoms with Crippen LogP contribution in [0.5, 0.6) is 0 Å². The molecule has 0 radical (unpaired) electrons. The van der Waals surface area contributed by atoms with Gasteiger partial charge in [-0.05, 0) is 24.6 Å². The van der Waals surface area contributed by atoms with E-state index >= 15 is 0 Å². The molecule has 120 valence electrons. The number of fused-ring (bicyclic) bond motifs is 1. The van der Waals surface area contributed by atoms with Crippen molar-refractivity contribution in [3.63, 3.8) is 0 Å². The fourth-order valence-electron chi connectivity index (χ4n) is 2.42. The number of hydrogen-bond donors (Lipinski definition) is 2. The highest BCUT2D eigenvalue weighted by Crippen LogP contribution is 2.18. The molecule has 0 saturated carbocycles. The third-order valence-corrected chi connectivity index (χ3v) is 3.74. The molecule has 23 heavy (non-hydrogen) atoms. The molecule has 2 N–H and O–H groups in total. The topological polar surface area (TPSA) is 92.3 Å². The number of nitrogens with one attached hydrogen (secondary N) is 2. The van der Waals surface area contributed by atoms with E-state index in [1.54, 1.807) is 0 Å². The molecule has 2 unspecified atom stereocenters. The number of aliphatic imine (C=N–C) groups is 1. The first-order chi connectivity index (χ1) is 11.1. The molecule has 0 fully saturated rings. The minimum absolute atomic E-state index is 0.177. The second kappa shape index (κ2) is 6.25. The van der Waals surface area contributed by atoms with Gasteiger partial charge in [-0.3, -0.25) is 14.9 Å². The van der Waals surface area contributed by atoms with Gasteiger partial charge >= 0.3 is 0 Å². The first-order valence-electron chi connectivity index (χ1n) is 7.09. The predicted octanol–water partition coefficient (Wildman–Crippen LogP) is 1.20. The molecule has 0 saturated heterocycles. The van der Waals surface area contributed by atoms with E-state index in [0.29, 0.717) is 5.52 Å². The van der Waals surface area contributed by atoms with Gasteiger partial charge in [-0.15, -0.1) is 5.10 Å². The van der Waals surface area contributed by atoms with E-state index in [1.165, 1.54) is 19.4 Å². The van der Waals surface area contributed by atoms with Gasteiger partial charge in [0.25, 0.3) is 5.91 Å². The Kier molecular flexibility index (Phi) is 4.16. The quantitative estimate of drug-likeness (QED) is 0.886. The van der Waals surface area contributed by atoms with Gasteiger partial charge in [0.2, 0.25) is 0 Å². The molecule has 7 nitrogen and oxygen atoms in total. The van der Waals surface area contributed by atoms with Crippen LogP contribution in [0.4, 0.5) is 4.39 Å². The van der Waals surface area contributed by atoms with Gasteiger partial charge in [-0.2, -0.15) is 0 Å². The van der Waals surface area contributed by atoms with E-state index in [9.17, 15) is 9.18 Å². The SMILES string of the molecule is COC1N=CC(C(=O)NCc2c(C)ccc3[nH]nnc23)=CC1F. The van der Waals surface area contributed by atoms with Crippen molar-refractivity contribution in [2.75, 3.05) is 7.11 Å². The minimum atomic E-state index is -1.44. The molecule has 0 bridgehead atoms. The zero-order valence-corrected chi connectivity index (χ0v) is 12.7. The first kappa shape index (κ1) is 15.3. The standard InChI is InChI=1S/C15H16FN5O2/c1-8-3-4-12-13(20-21-19-12)10(8)7-17-14(22)9-5-11(16)15(23-2)18-6-9/h3-6,11,15H,7H2,1-2H3,(H,17,22)(H,19,20,21). The zero-order valence-electron chi connectivity index (χ0n) is 12.7. The molecule has 2 atom stereocenters. The molecule has 1 aliphatic heterocycles. The van der Waals surface area contributed by atoms with Gasteiger partial charge in [0.15, 0.2) is 12.4 Å². The summed E-state index contributed by atoms with van der Waals surface area (Å²) in [7, 11) is 1.37. The van der Waals surface area contributed by atoms with Crippen molar-refractivity contribution < 1.29 is 13.9 Å². The van der Waals surface area contributed by atoms with Gasteiger partial charge in [0, 0.05) is 25.4 Å². The third-order valence-electron chi connectivity index (χ3n) is 3.74. The van der Waals surface area contributed by atoms with Gasteiger partial charge in [0.05, 0.1) is 11.1 Å². The number of aryl methyl sites for hydroxylation is 1. The van der Waals surface area contributed by atoms with Crippen molar-refractivity contribution in [3.05, 3.63) is 34.9 Å². The Labute approximate surface area is 131 Å². The van der Waals surface area contributed by atoms with Crippen LogP contribution in [0.15, 0.2) is 28.8 Å². The zero-order chi connectivity index (χ0) is 16.4. The minimum Gasteiger partial charge on any atom is -0.356 e. The average Bonchev–Trinajstić information content (AvgIpc) is 3.02. The molecular weight excluding hydrogens is 301 g/mol. The van der Waals surface area contributed by atoms with Crippen molar-refractivity contribution in [1.29, 1.82) is 0 Å². The lowest BCUT2D eigenvalue weighted by molar-refractivity contribution is -0.117. The molecule has 3 rings (SSSR count). The number of dihydropyridines is 1. The number of nitrogens with zero attached hydrogens (tertiary/aromatic N) is 3. The summed E-state index contributed by atoms with van der Waals surface area (Å²) in [5, 5.41) is 13.3. The number of carbonyl (C=O) groups excluding carboxylic acids is 1. The second-order valence-electron chi connectivity index (χ2n) is 5.22. The Bertz CT molecular complexity index is 798. The fraction of sp³-hybridized carbons (Fsp3) is 0.333. The first-order valence-corrected chi connectivity index (χ1v) is 7.09. The monoisotopic (exact) mass is 317 g/mol. The van der Waals surface area contributed by atoms with Crippen molar-refractivity contribution in [1.82, 2.24) is 20.7 Å². The van der Waals surface area contributed by atoms with Gasteiger partial charge in [-0.1, -0.05) is 11.3 Å². The Hall–Kier alpha value is -2.61. The molecule has 1 aromatic carbocycles. The van der Waals surface area contributed by atoms with Crippen LogP contribution in [0.25, 0.3) is 11.0 Å². The summed E-state index contributed by atoms with van der Waals surface area (Å²) in [4.78, 5) is 16.0. The lowest BCUT2D eigenvalue weighted by atomic mass is 10.1. The number of methoxy groups -OCH3 is 1. The van der Waals surface area contributed by atoms with Crippen LogP contribution in [0, 0.1) is 6.92 Å². The Morgan fingerprint density at radius 1 is 1.48 bits per heavy atom. The molecule has 0 aliphatic carbocycles. The average molecular weight is 317 g/mol. The van der Waals surface area contributed by atoms with E-state index in [4.69, 9.17) is 4.74 Å².